The molecule has 0 bridgehead atoms. The molecule has 2 aliphatic rings. The minimum Gasteiger partial charge on any atom is -0.309 e. The van der Waals surface area contributed by atoms with Gasteiger partial charge in [0, 0.05) is 28.9 Å². The second-order valence-electron chi connectivity index (χ2n) is 6.33. The Labute approximate surface area is 130 Å². The van der Waals surface area contributed by atoms with E-state index in [0.717, 1.165) is 12.6 Å². The first-order chi connectivity index (χ1) is 10.4. The zero-order chi connectivity index (χ0) is 14.1. The van der Waals surface area contributed by atoms with E-state index in [1.165, 1.54) is 59.7 Å². The lowest BCUT2D eigenvalue weighted by molar-refractivity contribution is 0.695. The summed E-state index contributed by atoms with van der Waals surface area (Å²) in [6.07, 6.45) is 8.10. The maximum absolute atomic E-state index is 5.04. The van der Waals surface area contributed by atoms with E-state index >= 15 is 0 Å². The van der Waals surface area contributed by atoms with Crippen molar-refractivity contribution in [2.24, 2.45) is 0 Å². The third kappa shape index (κ3) is 3.04. The minimum absolute atomic E-state index is 0.715. The van der Waals surface area contributed by atoms with Gasteiger partial charge in [-0.25, -0.2) is 4.98 Å². The summed E-state index contributed by atoms with van der Waals surface area (Å²) >= 11 is 1.95. The standard InChI is InChI=1S/C18H22N2S/c1-2-6-13(7-3-1)17-16(12-19-15-10-11-15)21-18(20-17)14-8-4-5-9-14/h1-3,6-7,14-15,19H,4-5,8-12H2. The monoisotopic (exact) mass is 298 g/mol. The minimum atomic E-state index is 0.715. The number of nitrogens with one attached hydrogen (secondary N) is 1. The van der Waals surface area contributed by atoms with Crippen LogP contribution in [0.2, 0.25) is 0 Å². The lowest BCUT2D eigenvalue weighted by Gasteiger charge is -2.03. The Morgan fingerprint density at radius 1 is 1.05 bits per heavy atom. The Morgan fingerprint density at radius 3 is 2.52 bits per heavy atom. The molecule has 110 valence electrons. The highest BCUT2D eigenvalue weighted by atomic mass is 32.1. The molecule has 2 aromatic rings. The van der Waals surface area contributed by atoms with Crippen molar-refractivity contribution in [3.05, 3.63) is 40.2 Å². The molecule has 0 amide bonds. The maximum Gasteiger partial charge on any atom is 0.0966 e. The van der Waals surface area contributed by atoms with Gasteiger partial charge in [-0.15, -0.1) is 11.3 Å². The predicted molar refractivity (Wildman–Crippen MR) is 88.6 cm³/mol. The van der Waals surface area contributed by atoms with Gasteiger partial charge in [0.1, 0.15) is 0 Å². The van der Waals surface area contributed by atoms with Crippen molar-refractivity contribution in [1.29, 1.82) is 0 Å². The highest BCUT2D eigenvalue weighted by Gasteiger charge is 2.25. The summed E-state index contributed by atoms with van der Waals surface area (Å²) in [5, 5.41) is 5.03. The fraction of sp³-hybridized carbons (Fsp3) is 0.500. The van der Waals surface area contributed by atoms with E-state index in [2.05, 4.69) is 35.6 Å². The quantitative estimate of drug-likeness (QED) is 0.864. The smallest absolute Gasteiger partial charge is 0.0966 e. The van der Waals surface area contributed by atoms with E-state index in [-0.39, 0.29) is 0 Å². The van der Waals surface area contributed by atoms with Crippen molar-refractivity contribution < 1.29 is 0 Å². The highest BCUT2D eigenvalue weighted by Crippen LogP contribution is 2.39. The normalized spacial score (nSPS) is 19.2. The molecule has 0 saturated heterocycles. The highest BCUT2D eigenvalue weighted by molar-refractivity contribution is 7.12. The van der Waals surface area contributed by atoms with Crippen LogP contribution in [0.1, 0.15) is 54.3 Å². The van der Waals surface area contributed by atoms with Gasteiger partial charge in [0.05, 0.1) is 10.7 Å². The summed E-state index contributed by atoms with van der Waals surface area (Å²) < 4.78 is 0. The fourth-order valence-corrected chi connectivity index (χ4v) is 4.39. The number of hydrogen-bond acceptors (Lipinski definition) is 3. The van der Waals surface area contributed by atoms with Gasteiger partial charge < -0.3 is 5.32 Å². The van der Waals surface area contributed by atoms with Crippen molar-refractivity contribution in [1.82, 2.24) is 10.3 Å². The molecular formula is C18H22N2S. The van der Waals surface area contributed by atoms with Crippen LogP contribution in [0, 0.1) is 0 Å². The maximum atomic E-state index is 5.04. The molecule has 1 aromatic carbocycles. The number of hydrogen-bond donors (Lipinski definition) is 1. The molecule has 2 saturated carbocycles. The predicted octanol–water partition coefficient (Wildman–Crippen LogP) is 4.72. The van der Waals surface area contributed by atoms with E-state index in [1.807, 2.05) is 11.3 Å². The van der Waals surface area contributed by atoms with Gasteiger partial charge in [-0.1, -0.05) is 43.2 Å². The zero-order valence-corrected chi connectivity index (χ0v) is 13.2. The molecule has 0 radical (unpaired) electrons. The van der Waals surface area contributed by atoms with Gasteiger partial charge in [0.2, 0.25) is 0 Å². The molecule has 4 rings (SSSR count). The first-order valence-electron chi connectivity index (χ1n) is 8.18. The van der Waals surface area contributed by atoms with Gasteiger partial charge in [0.25, 0.3) is 0 Å². The Hall–Kier alpha value is -1.19. The zero-order valence-electron chi connectivity index (χ0n) is 12.3. The molecule has 1 N–H and O–H groups in total. The summed E-state index contributed by atoms with van der Waals surface area (Å²) in [5.74, 6) is 0.715. The van der Waals surface area contributed by atoms with Crippen LogP contribution in [0.15, 0.2) is 30.3 Å². The summed E-state index contributed by atoms with van der Waals surface area (Å²) in [7, 11) is 0. The lowest BCUT2D eigenvalue weighted by atomic mass is 10.1. The first kappa shape index (κ1) is 13.5. The topological polar surface area (TPSA) is 24.9 Å². The number of aromatic nitrogens is 1. The van der Waals surface area contributed by atoms with Crippen LogP contribution in [0.4, 0.5) is 0 Å². The Balaban J connectivity index is 1.64. The summed E-state index contributed by atoms with van der Waals surface area (Å²) in [5.41, 5.74) is 2.49. The van der Waals surface area contributed by atoms with Crippen molar-refractivity contribution in [2.45, 2.75) is 57.0 Å². The second-order valence-corrected chi connectivity index (χ2v) is 7.44. The molecule has 1 aromatic heterocycles. The van der Waals surface area contributed by atoms with Gasteiger partial charge in [-0.2, -0.15) is 0 Å². The van der Waals surface area contributed by atoms with Crippen molar-refractivity contribution >= 4 is 11.3 Å². The summed E-state index contributed by atoms with van der Waals surface area (Å²) in [6, 6.07) is 11.4. The first-order valence-corrected chi connectivity index (χ1v) is 9.00. The van der Waals surface area contributed by atoms with Crippen LogP contribution >= 0.6 is 11.3 Å². The molecule has 0 spiro atoms. The van der Waals surface area contributed by atoms with Gasteiger partial charge >= 0.3 is 0 Å². The van der Waals surface area contributed by atoms with Crippen molar-refractivity contribution in [3.8, 4) is 11.3 Å². The molecule has 0 atom stereocenters. The lowest BCUT2D eigenvalue weighted by Crippen LogP contribution is -2.14. The SMILES string of the molecule is c1ccc(-c2nc(C3CCCC3)sc2CNC2CC2)cc1. The second kappa shape index (κ2) is 5.90. The third-order valence-corrected chi connectivity index (χ3v) is 5.81. The summed E-state index contributed by atoms with van der Waals surface area (Å²) in [4.78, 5) is 6.47. The Morgan fingerprint density at radius 2 is 1.81 bits per heavy atom. The van der Waals surface area contributed by atoms with Crippen LogP contribution in [-0.4, -0.2) is 11.0 Å². The average Bonchev–Trinajstić information content (AvgIpc) is 3.03. The van der Waals surface area contributed by atoms with Crippen LogP contribution in [0.25, 0.3) is 11.3 Å². The number of benzene rings is 1. The van der Waals surface area contributed by atoms with Gasteiger partial charge in [-0.05, 0) is 25.7 Å². The molecule has 21 heavy (non-hydrogen) atoms. The number of thiazole rings is 1. The molecule has 0 unspecified atom stereocenters. The summed E-state index contributed by atoms with van der Waals surface area (Å²) in [6.45, 7) is 0.985. The number of rotatable bonds is 5. The van der Waals surface area contributed by atoms with E-state index in [1.54, 1.807) is 0 Å². The molecule has 0 aliphatic heterocycles. The molecule has 2 fully saturated rings. The molecule has 3 heteroatoms. The number of nitrogens with zero attached hydrogens (tertiary/aromatic N) is 1. The van der Waals surface area contributed by atoms with Crippen molar-refractivity contribution in [2.75, 3.05) is 0 Å². The largest absolute Gasteiger partial charge is 0.309 e. The van der Waals surface area contributed by atoms with E-state index < -0.39 is 0 Å². The fourth-order valence-electron chi connectivity index (χ4n) is 3.18. The molecular weight excluding hydrogens is 276 g/mol. The van der Waals surface area contributed by atoms with Gasteiger partial charge in [0.15, 0.2) is 0 Å². The van der Waals surface area contributed by atoms with Crippen LogP contribution < -0.4 is 5.32 Å². The third-order valence-electron chi connectivity index (χ3n) is 4.59. The van der Waals surface area contributed by atoms with Crippen molar-refractivity contribution in [3.63, 3.8) is 0 Å². The Kier molecular flexibility index (Phi) is 3.78. The molecule has 2 aliphatic carbocycles. The van der Waals surface area contributed by atoms with E-state index in [4.69, 9.17) is 4.98 Å². The van der Waals surface area contributed by atoms with Crippen LogP contribution in [0.5, 0.6) is 0 Å². The molecule has 2 nitrogen and oxygen atoms in total. The van der Waals surface area contributed by atoms with Gasteiger partial charge in [-0.3, -0.25) is 0 Å². The van der Waals surface area contributed by atoms with Crippen LogP contribution in [-0.2, 0) is 6.54 Å². The molecule has 1 heterocycles. The van der Waals surface area contributed by atoms with E-state index in [0.29, 0.717) is 5.92 Å². The van der Waals surface area contributed by atoms with Crippen LogP contribution in [0.3, 0.4) is 0 Å². The average molecular weight is 298 g/mol. The Bertz CT molecular complexity index is 595. The van der Waals surface area contributed by atoms with E-state index in [9.17, 15) is 0 Å².